The molecule has 52 valence electrons. The molecule has 0 spiro atoms. The number of rotatable bonds is 0. The Bertz CT molecular complexity index is 91.1. The van der Waals surface area contributed by atoms with Crippen molar-refractivity contribution in [3.8, 4) is 0 Å². The Balaban J connectivity index is 1.97. The molecule has 0 aromatic heterocycles. The third kappa shape index (κ3) is 0.970. The summed E-state index contributed by atoms with van der Waals surface area (Å²) in [6, 6.07) is 0. The normalized spacial score (nSPS) is 42.7. The molecular weight excluding hydrogens is 116 g/mol. The summed E-state index contributed by atoms with van der Waals surface area (Å²) in [6.07, 6.45) is 3.92. The van der Waals surface area contributed by atoms with E-state index in [2.05, 4.69) is 0 Å². The standard InChI is InChI=1S/C7H12O2/c1-2-6-3-5-9-7(6)8-4-1/h6-7H,1-5H2/t6-,7?/m1/s1. The van der Waals surface area contributed by atoms with Crippen molar-refractivity contribution in [2.24, 2.45) is 5.92 Å². The molecular formula is C7H12O2. The van der Waals surface area contributed by atoms with Gasteiger partial charge in [0.1, 0.15) is 0 Å². The summed E-state index contributed by atoms with van der Waals surface area (Å²) in [6.45, 7) is 1.82. The highest BCUT2D eigenvalue weighted by Gasteiger charge is 2.30. The van der Waals surface area contributed by atoms with Crippen LogP contribution in [0.25, 0.3) is 0 Å². The molecule has 2 fully saturated rings. The molecule has 2 heterocycles. The fourth-order valence-electron chi connectivity index (χ4n) is 1.62. The van der Waals surface area contributed by atoms with Crippen molar-refractivity contribution in [2.75, 3.05) is 13.2 Å². The van der Waals surface area contributed by atoms with Crippen molar-refractivity contribution >= 4 is 0 Å². The molecule has 0 saturated carbocycles. The van der Waals surface area contributed by atoms with Crippen LogP contribution in [-0.4, -0.2) is 19.5 Å². The summed E-state index contributed by atoms with van der Waals surface area (Å²) in [7, 11) is 0. The van der Waals surface area contributed by atoms with Crippen LogP contribution in [0.3, 0.4) is 0 Å². The first-order valence-electron chi connectivity index (χ1n) is 3.70. The zero-order valence-electron chi connectivity index (χ0n) is 5.51. The molecule has 0 aromatic carbocycles. The van der Waals surface area contributed by atoms with E-state index in [0.717, 1.165) is 19.1 Å². The number of hydrogen-bond acceptors (Lipinski definition) is 2. The van der Waals surface area contributed by atoms with Gasteiger partial charge in [0, 0.05) is 12.5 Å². The Morgan fingerprint density at radius 2 is 1.89 bits per heavy atom. The van der Waals surface area contributed by atoms with Gasteiger partial charge in [0.2, 0.25) is 0 Å². The van der Waals surface area contributed by atoms with E-state index in [4.69, 9.17) is 9.47 Å². The molecule has 2 atom stereocenters. The van der Waals surface area contributed by atoms with Crippen LogP contribution < -0.4 is 0 Å². The molecule has 9 heavy (non-hydrogen) atoms. The van der Waals surface area contributed by atoms with Crippen LogP contribution in [0, 0.1) is 5.92 Å². The lowest BCUT2D eigenvalue weighted by atomic mass is 10.00. The van der Waals surface area contributed by atoms with E-state index in [0.29, 0.717) is 0 Å². The lowest BCUT2D eigenvalue weighted by molar-refractivity contribution is -0.150. The predicted molar refractivity (Wildman–Crippen MR) is 33.0 cm³/mol. The van der Waals surface area contributed by atoms with Gasteiger partial charge in [-0.15, -0.1) is 0 Å². The van der Waals surface area contributed by atoms with E-state index in [-0.39, 0.29) is 6.29 Å². The molecule has 0 aromatic rings. The second-order valence-electron chi connectivity index (χ2n) is 2.80. The van der Waals surface area contributed by atoms with Crippen LogP contribution in [0.2, 0.25) is 0 Å². The van der Waals surface area contributed by atoms with Gasteiger partial charge < -0.3 is 9.47 Å². The van der Waals surface area contributed by atoms with Crippen LogP contribution in [0.5, 0.6) is 0 Å². The smallest absolute Gasteiger partial charge is 0.160 e. The average molecular weight is 128 g/mol. The van der Waals surface area contributed by atoms with Gasteiger partial charge in [-0.25, -0.2) is 0 Å². The van der Waals surface area contributed by atoms with Gasteiger partial charge in [-0.2, -0.15) is 0 Å². The van der Waals surface area contributed by atoms with Crippen LogP contribution in [0.15, 0.2) is 0 Å². The Morgan fingerprint density at radius 3 is 2.78 bits per heavy atom. The highest BCUT2D eigenvalue weighted by molar-refractivity contribution is 4.72. The van der Waals surface area contributed by atoms with Crippen molar-refractivity contribution in [3.63, 3.8) is 0 Å². The zero-order valence-corrected chi connectivity index (χ0v) is 5.51. The van der Waals surface area contributed by atoms with Gasteiger partial charge in [0.25, 0.3) is 0 Å². The van der Waals surface area contributed by atoms with Crippen LogP contribution in [-0.2, 0) is 9.47 Å². The van der Waals surface area contributed by atoms with Crippen molar-refractivity contribution in [1.82, 2.24) is 0 Å². The monoisotopic (exact) mass is 128 g/mol. The first-order chi connectivity index (χ1) is 4.47. The molecule has 2 aliphatic heterocycles. The number of ether oxygens (including phenoxy) is 2. The summed E-state index contributed by atoms with van der Waals surface area (Å²) >= 11 is 0. The summed E-state index contributed by atoms with van der Waals surface area (Å²) in [5.74, 6) is 0.721. The van der Waals surface area contributed by atoms with Gasteiger partial charge in [0.15, 0.2) is 6.29 Å². The maximum atomic E-state index is 5.38. The zero-order chi connectivity index (χ0) is 6.10. The van der Waals surface area contributed by atoms with Crippen molar-refractivity contribution < 1.29 is 9.47 Å². The minimum absolute atomic E-state index is 0.166. The van der Waals surface area contributed by atoms with E-state index in [1.54, 1.807) is 0 Å². The Labute approximate surface area is 55.1 Å². The largest absolute Gasteiger partial charge is 0.352 e. The quantitative estimate of drug-likeness (QED) is 0.487. The molecule has 2 aliphatic rings. The molecule has 2 saturated heterocycles. The second kappa shape index (κ2) is 2.27. The van der Waals surface area contributed by atoms with E-state index in [9.17, 15) is 0 Å². The lowest BCUT2D eigenvalue weighted by Gasteiger charge is -2.23. The maximum Gasteiger partial charge on any atom is 0.160 e. The first kappa shape index (κ1) is 5.69. The van der Waals surface area contributed by atoms with E-state index >= 15 is 0 Å². The molecule has 2 nitrogen and oxygen atoms in total. The van der Waals surface area contributed by atoms with Gasteiger partial charge in [-0.1, -0.05) is 0 Å². The first-order valence-corrected chi connectivity index (χ1v) is 3.70. The van der Waals surface area contributed by atoms with Crippen LogP contribution in [0.4, 0.5) is 0 Å². The Hall–Kier alpha value is -0.0800. The number of fused-ring (bicyclic) bond motifs is 1. The van der Waals surface area contributed by atoms with Gasteiger partial charge in [0.05, 0.1) is 6.61 Å². The molecule has 2 heteroatoms. The fourth-order valence-corrected chi connectivity index (χ4v) is 1.62. The molecule has 2 rings (SSSR count). The third-order valence-electron chi connectivity index (χ3n) is 2.16. The fraction of sp³-hybridized carbons (Fsp3) is 1.00. The van der Waals surface area contributed by atoms with Gasteiger partial charge >= 0.3 is 0 Å². The lowest BCUT2D eigenvalue weighted by Crippen LogP contribution is -2.25. The molecule has 1 unspecified atom stereocenters. The number of hydrogen-bond donors (Lipinski definition) is 0. The SMILES string of the molecule is C1COC2OCC[C@H]2C1. The highest BCUT2D eigenvalue weighted by Crippen LogP contribution is 2.29. The molecule has 0 radical (unpaired) electrons. The van der Waals surface area contributed by atoms with Crippen molar-refractivity contribution in [1.29, 1.82) is 0 Å². The van der Waals surface area contributed by atoms with E-state index in [1.165, 1.54) is 19.3 Å². The second-order valence-corrected chi connectivity index (χ2v) is 2.80. The molecule has 0 aliphatic carbocycles. The van der Waals surface area contributed by atoms with Crippen LogP contribution in [0.1, 0.15) is 19.3 Å². The van der Waals surface area contributed by atoms with E-state index < -0.39 is 0 Å². The minimum atomic E-state index is 0.166. The van der Waals surface area contributed by atoms with Gasteiger partial charge in [-0.3, -0.25) is 0 Å². The Kier molecular flexibility index (Phi) is 1.44. The predicted octanol–water partition coefficient (Wildman–Crippen LogP) is 1.16. The summed E-state index contributed by atoms with van der Waals surface area (Å²) in [4.78, 5) is 0. The topological polar surface area (TPSA) is 18.5 Å². The summed E-state index contributed by atoms with van der Waals surface area (Å²) < 4.78 is 10.7. The van der Waals surface area contributed by atoms with Gasteiger partial charge in [-0.05, 0) is 19.3 Å². The summed E-state index contributed by atoms with van der Waals surface area (Å²) in [5, 5.41) is 0. The average Bonchev–Trinajstić information content (AvgIpc) is 2.33. The highest BCUT2D eigenvalue weighted by atomic mass is 16.7. The molecule has 0 bridgehead atoms. The van der Waals surface area contributed by atoms with Crippen molar-refractivity contribution in [3.05, 3.63) is 0 Å². The maximum absolute atomic E-state index is 5.38. The third-order valence-corrected chi connectivity index (χ3v) is 2.16. The Morgan fingerprint density at radius 1 is 1.00 bits per heavy atom. The van der Waals surface area contributed by atoms with E-state index in [1.807, 2.05) is 0 Å². The van der Waals surface area contributed by atoms with Crippen molar-refractivity contribution in [2.45, 2.75) is 25.6 Å². The minimum Gasteiger partial charge on any atom is -0.352 e. The summed E-state index contributed by atoms with van der Waals surface area (Å²) in [5.41, 5.74) is 0. The molecule has 0 amide bonds. The van der Waals surface area contributed by atoms with Crippen LogP contribution >= 0.6 is 0 Å². The molecule has 0 N–H and O–H groups in total.